The van der Waals surface area contributed by atoms with E-state index in [0.29, 0.717) is 5.75 Å². The molecule has 0 aliphatic carbocycles. The zero-order valence-electron chi connectivity index (χ0n) is 13.0. The van der Waals surface area contributed by atoms with E-state index >= 15 is 0 Å². The third kappa shape index (κ3) is 6.35. The Kier molecular flexibility index (Phi) is 7.01. The van der Waals surface area contributed by atoms with Gasteiger partial charge in [-0.3, -0.25) is 14.4 Å². The Bertz CT molecular complexity index is 559. The number of rotatable bonds is 8. The topological polar surface area (TPSA) is 131 Å². The first kappa shape index (κ1) is 18.4. The number of benzene rings is 1. The summed E-state index contributed by atoms with van der Waals surface area (Å²) in [5.74, 6) is -1.53. The summed E-state index contributed by atoms with van der Waals surface area (Å²) in [6.07, 6.45) is -0.286. The third-order valence-electron chi connectivity index (χ3n) is 3.12. The molecule has 0 saturated carbocycles. The molecule has 23 heavy (non-hydrogen) atoms. The molecule has 1 rings (SSSR count). The van der Waals surface area contributed by atoms with Gasteiger partial charge in [0.15, 0.2) is 0 Å². The largest absolute Gasteiger partial charge is 0.497 e. The molecular weight excluding hydrogens is 302 g/mol. The number of carbonyl (C=O) groups excluding carboxylic acids is 2. The molecule has 0 aromatic heterocycles. The Balaban J connectivity index is 2.41. The number of aliphatic carboxylic acids is 1. The predicted octanol–water partition coefficient (Wildman–Crippen LogP) is -0.382. The van der Waals surface area contributed by atoms with Crippen molar-refractivity contribution in [1.29, 1.82) is 0 Å². The van der Waals surface area contributed by atoms with Crippen LogP contribution in [-0.4, -0.2) is 42.1 Å². The van der Waals surface area contributed by atoms with Crippen molar-refractivity contribution < 1.29 is 24.2 Å². The van der Waals surface area contributed by atoms with Crippen LogP contribution in [0.4, 0.5) is 0 Å². The van der Waals surface area contributed by atoms with E-state index in [1.54, 1.807) is 31.4 Å². The number of hydrogen-bond donors (Lipinski definition) is 4. The molecule has 0 unspecified atom stereocenters. The minimum Gasteiger partial charge on any atom is -0.497 e. The Morgan fingerprint density at radius 1 is 1.26 bits per heavy atom. The number of amides is 2. The van der Waals surface area contributed by atoms with Gasteiger partial charge < -0.3 is 26.2 Å². The summed E-state index contributed by atoms with van der Waals surface area (Å²) in [5.41, 5.74) is 6.50. The highest BCUT2D eigenvalue weighted by molar-refractivity contribution is 5.89. The van der Waals surface area contributed by atoms with Crippen LogP contribution >= 0.6 is 0 Å². The van der Waals surface area contributed by atoms with Gasteiger partial charge in [0.05, 0.1) is 19.6 Å². The Labute approximate surface area is 134 Å². The molecule has 0 bridgehead atoms. The maximum absolute atomic E-state index is 11.8. The minimum atomic E-state index is -1.16. The first-order valence-electron chi connectivity index (χ1n) is 7.02. The highest BCUT2D eigenvalue weighted by atomic mass is 16.5. The van der Waals surface area contributed by atoms with Gasteiger partial charge in [-0.15, -0.1) is 0 Å². The van der Waals surface area contributed by atoms with Crippen molar-refractivity contribution in [1.82, 2.24) is 10.6 Å². The summed E-state index contributed by atoms with van der Waals surface area (Å²) in [7, 11) is 1.56. The van der Waals surface area contributed by atoms with Gasteiger partial charge in [0, 0.05) is 6.54 Å². The Morgan fingerprint density at radius 2 is 1.87 bits per heavy atom. The van der Waals surface area contributed by atoms with Gasteiger partial charge in [0.25, 0.3) is 0 Å². The maximum Gasteiger partial charge on any atom is 0.325 e. The second-order valence-corrected chi connectivity index (χ2v) is 5.00. The lowest BCUT2D eigenvalue weighted by atomic mass is 10.1. The van der Waals surface area contributed by atoms with E-state index in [0.717, 1.165) is 5.56 Å². The fourth-order valence-electron chi connectivity index (χ4n) is 1.72. The van der Waals surface area contributed by atoms with Crippen molar-refractivity contribution in [2.75, 3.05) is 7.11 Å². The summed E-state index contributed by atoms with van der Waals surface area (Å²) >= 11 is 0. The molecule has 2 atom stereocenters. The van der Waals surface area contributed by atoms with Crippen molar-refractivity contribution in [3.8, 4) is 5.75 Å². The van der Waals surface area contributed by atoms with Crippen molar-refractivity contribution in [2.24, 2.45) is 5.73 Å². The lowest BCUT2D eigenvalue weighted by molar-refractivity contribution is -0.141. The summed E-state index contributed by atoms with van der Waals surface area (Å²) in [5, 5.41) is 13.5. The number of hydrogen-bond acceptors (Lipinski definition) is 5. The van der Waals surface area contributed by atoms with Crippen LogP contribution < -0.4 is 21.1 Å². The Morgan fingerprint density at radius 3 is 2.39 bits per heavy atom. The molecule has 0 aliphatic rings. The quantitative estimate of drug-likeness (QED) is 0.516. The van der Waals surface area contributed by atoms with Crippen LogP contribution in [0, 0.1) is 0 Å². The zero-order chi connectivity index (χ0) is 17.4. The average molecular weight is 323 g/mol. The molecule has 5 N–H and O–H groups in total. The van der Waals surface area contributed by atoms with Crippen LogP contribution in [0.3, 0.4) is 0 Å². The maximum atomic E-state index is 11.8. The molecule has 8 nitrogen and oxygen atoms in total. The van der Waals surface area contributed by atoms with Crippen LogP contribution in [0.2, 0.25) is 0 Å². The summed E-state index contributed by atoms with van der Waals surface area (Å²) in [4.78, 5) is 34.0. The zero-order valence-corrected chi connectivity index (χ0v) is 13.0. The number of methoxy groups -OCH3 is 1. The van der Waals surface area contributed by atoms with Crippen LogP contribution in [-0.2, 0) is 20.9 Å². The third-order valence-corrected chi connectivity index (χ3v) is 3.12. The van der Waals surface area contributed by atoms with E-state index in [9.17, 15) is 14.4 Å². The van der Waals surface area contributed by atoms with Crippen LogP contribution in [0.15, 0.2) is 24.3 Å². The summed E-state index contributed by atoms with van der Waals surface area (Å²) < 4.78 is 5.03. The average Bonchev–Trinajstić information content (AvgIpc) is 2.52. The molecule has 1 aromatic carbocycles. The van der Waals surface area contributed by atoms with Gasteiger partial charge in [-0.25, -0.2) is 0 Å². The van der Waals surface area contributed by atoms with E-state index in [-0.39, 0.29) is 13.0 Å². The number of carboxylic acid groups (broad SMARTS) is 1. The molecule has 0 radical (unpaired) electrons. The van der Waals surface area contributed by atoms with Gasteiger partial charge in [-0.05, 0) is 24.6 Å². The van der Waals surface area contributed by atoms with Crippen molar-refractivity contribution in [2.45, 2.75) is 32.0 Å². The predicted molar refractivity (Wildman–Crippen MR) is 82.7 cm³/mol. The number of nitrogens with one attached hydrogen (secondary N) is 2. The number of carbonyl (C=O) groups is 3. The standard InChI is InChI=1S/C15H21N3O5/c1-9(15(21)22)18-13(19)7-12(16)14(20)17-8-10-3-5-11(23-2)6-4-10/h3-6,9,12H,7-8,16H2,1-2H3,(H,17,20)(H,18,19)(H,21,22)/t9-,12+/m0/s1. The fraction of sp³-hybridized carbons (Fsp3) is 0.400. The van der Waals surface area contributed by atoms with Crippen molar-refractivity contribution in [3.05, 3.63) is 29.8 Å². The van der Waals surface area contributed by atoms with E-state index in [2.05, 4.69) is 10.6 Å². The first-order chi connectivity index (χ1) is 10.8. The van der Waals surface area contributed by atoms with Crippen molar-refractivity contribution >= 4 is 17.8 Å². The normalized spacial score (nSPS) is 12.8. The van der Waals surface area contributed by atoms with E-state index in [1.165, 1.54) is 6.92 Å². The molecule has 0 spiro atoms. The fourth-order valence-corrected chi connectivity index (χ4v) is 1.72. The minimum absolute atomic E-state index is 0.268. The van der Waals surface area contributed by atoms with E-state index in [1.807, 2.05) is 0 Å². The second-order valence-electron chi connectivity index (χ2n) is 5.00. The highest BCUT2D eigenvalue weighted by Gasteiger charge is 2.20. The number of ether oxygens (including phenoxy) is 1. The highest BCUT2D eigenvalue weighted by Crippen LogP contribution is 2.10. The summed E-state index contributed by atoms with van der Waals surface area (Å²) in [6, 6.07) is 5.05. The monoisotopic (exact) mass is 323 g/mol. The first-order valence-corrected chi connectivity index (χ1v) is 7.02. The van der Waals surface area contributed by atoms with E-state index < -0.39 is 29.9 Å². The molecule has 0 saturated heterocycles. The van der Waals surface area contributed by atoms with Crippen LogP contribution in [0.25, 0.3) is 0 Å². The van der Waals surface area contributed by atoms with Gasteiger partial charge in [-0.2, -0.15) is 0 Å². The SMILES string of the molecule is COc1ccc(CNC(=O)[C@H](N)CC(=O)N[C@@H](C)C(=O)O)cc1. The molecule has 1 aromatic rings. The van der Waals surface area contributed by atoms with Gasteiger partial charge in [0.2, 0.25) is 11.8 Å². The molecule has 0 aliphatic heterocycles. The smallest absolute Gasteiger partial charge is 0.325 e. The van der Waals surface area contributed by atoms with Crippen LogP contribution in [0.1, 0.15) is 18.9 Å². The molecule has 8 heteroatoms. The van der Waals surface area contributed by atoms with Gasteiger partial charge in [0.1, 0.15) is 11.8 Å². The second kappa shape index (κ2) is 8.74. The number of carboxylic acids is 1. The van der Waals surface area contributed by atoms with Gasteiger partial charge in [-0.1, -0.05) is 12.1 Å². The van der Waals surface area contributed by atoms with E-state index in [4.69, 9.17) is 15.6 Å². The van der Waals surface area contributed by atoms with Crippen molar-refractivity contribution in [3.63, 3.8) is 0 Å². The lowest BCUT2D eigenvalue weighted by Crippen LogP contribution is -2.46. The Hall–Kier alpha value is -2.61. The van der Waals surface area contributed by atoms with Crippen LogP contribution in [0.5, 0.6) is 5.75 Å². The van der Waals surface area contributed by atoms with Gasteiger partial charge >= 0.3 is 5.97 Å². The molecule has 0 heterocycles. The number of nitrogens with two attached hydrogens (primary N) is 1. The molecule has 0 fully saturated rings. The molecule has 2 amide bonds. The molecule has 126 valence electrons. The molecular formula is C15H21N3O5. The lowest BCUT2D eigenvalue weighted by Gasteiger charge is -2.14. The summed E-state index contributed by atoms with van der Waals surface area (Å²) in [6.45, 7) is 1.60.